The number of aromatic nitrogens is 1. The maximum Gasteiger partial charge on any atom is 0.305 e. The lowest BCUT2D eigenvalue weighted by atomic mass is 9.43. The largest absolute Gasteiger partial charge is 0.469 e. The molecule has 41 heavy (non-hydrogen) atoms. The van der Waals surface area contributed by atoms with Crippen LogP contribution in [-0.4, -0.2) is 48.4 Å². The molecule has 3 N–H and O–H groups in total. The van der Waals surface area contributed by atoms with Gasteiger partial charge in [0.2, 0.25) is 0 Å². The van der Waals surface area contributed by atoms with Gasteiger partial charge in [0.25, 0.3) is 0 Å². The SMILES string of the molecule is COC(=O)CC[C@@H](C)[C@H]1CC[C@H]2[C@@H]3[C@H](O)C[C@H]4CC(NCCCCNCc5cccnc5)CC[C@]4(C)[C@H]3CC[C@]12C. The van der Waals surface area contributed by atoms with Crippen LogP contribution in [0.5, 0.6) is 0 Å². The Morgan fingerprint density at radius 2 is 1.88 bits per heavy atom. The molecule has 230 valence electrons. The summed E-state index contributed by atoms with van der Waals surface area (Å²) in [6, 6.07) is 4.71. The minimum atomic E-state index is -0.156. The van der Waals surface area contributed by atoms with Gasteiger partial charge in [0, 0.05) is 31.4 Å². The van der Waals surface area contributed by atoms with Crippen LogP contribution in [0, 0.1) is 46.3 Å². The van der Waals surface area contributed by atoms with E-state index in [2.05, 4.69) is 42.5 Å². The third-order valence-electron chi connectivity index (χ3n) is 12.7. The first kappa shape index (κ1) is 30.9. The van der Waals surface area contributed by atoms with Crippen molar-refractivity contribution in [3.05, 3.63) is 30.1 Å². The lowest BCUT2D eigenvalue weighted by Crippen LogP contribution is -2.59. The van der Waals surface area contributed by atoms with Gasteiger partial charge in [-0.15, -0.1) is 0 Å². The Kier molecular flexibility index (Phi) is 10.1. The summed E-state index contributed by atoms with van der Waals surface area (Å²) in [5.41, 5.74) is 1.91. The number of nitrogens with one attached hydrogen (secondary N) is 2. The molecule has 4 aliphatic carbocycles. The minimum absolute atomic E-state index is 0.0826. The third kappa shape index (κ3) is 6.55. The van der Waals surface area contributed by atoms with Crippen molar-refractivity contribution in [3.63, 3.8) is 0 Å². The number of esters is 1. The fourth-order valence-corrected chi connectivity index (χ4v) is 10.4. The number of ether oxygens (including phenoxy) is 1. The highest BCUT2D eigenvalue weighted by molar-refractivity contribution is 5.69. The number of rotatable bonds is 12. The Morgan fingerprint density at radius 1 is 1.10 bits per heavy atom. The van der Waals surface area contributed by atoms with Gasteiger partial charge < -0.3 is 20.5 Å². The van der Waals surface area contributed by atoms with E-state index >= 15 is 0 Å². The van der Waals surface area contributed by atoms with Gasteiger partial charge in [-0.3, -0.25) is 9.78 Å². The van der Waals surface area contributed by atoms with E-state index in [1.54, 1.807) is 0 Å². The molecule has 4 saturated carbocycles. The van der Waals surface area contributed by atoms with E-state index in [9.17, 15) is 9.90 Å². The van der Waals surface area contributed by atoms with Gasteiger partial charge in [-0.25, -0.2) is 0 Å². The average Bonchev–Trinajstić information content (AvgIpc) is 3.33. The molecule has 0 aromatic carbocycles. The standard InChI is InChI=1S/C35H57N3O3/c1-24(9-12-32(40)41-4)28-10-11-29-33-30(14-16-35(28,29)3)34(2)15-13-27(20-26(34)21-31(33)39)38-19-6-5-17-36-22-25-8-7-18-37-23-25/h7-8,18,23-24,26-31,33,36,38-39H,5-6,9-17,19-22H2,1-4H3/t24-,26-,27?,28-,29+,30+,31-,33+,34+,35-/m1/s1. The first-order valence-electron chi connectivity index (χ1n) is 16.8. The molecule has 4 aliphatic rings. The predicted molar refractivity (Wildman–Crippen MR) is 164 cm³/mol. The number of aliphatic hydroxyl groups is 1. The number of pyridine rings is 1. The van der Waals surface area contributed by atoms with E-state index in [0.717, 1.165) is 32.5 Å². The van der Waals surface area contributed by atoms with Crippen molar-refractivity contribution in [2.45, 2.75) is 117 Å². The van der Waals surface area contributed by atoms with Gasteiger partial charge in [-0.1, -0.05) is 26.8 Å². The van der Waals surface area contributed by atoms with Crippen LogP contribution in [0.1, 0.15) is 103 Å². The quantitative estimate of drug-likeness (QED) is 0.208. The number of aliphatic hydroxyl groups excluding tert-OH is 1. The summed E-state index contributed by atoms with van der Waals surface area (Å²) in [6.07, 6.45) is 17.3. The number of methoxy groups -OCH3 is 1. The summed E-state index contributed by atoms with van der Waals surface area (Å²) in [5, 5.41) is 19.2. The van der Waals surface area contributed by atoms with Gasteiger partial charge in [-0.2, -0.15) is 0 Å². The summed E-state index contributed by atoms with van der Waals surface area (Å²) in [5.74, 6) is 3.47. The van der Waals surface area contributed by atoms with Crippen LogP contribution in [0.2, 0.25) is 0 Å². The van der Waals surface area contributed by atoms with Gasteiger partial charge >= 0.3 is 5.97 Å². The Labute approximate surface area is 249 Å². The lowest BCUT2D eigenvalue weighted by molar-refractivity contribution is -0.167. The van der Waals surface area contributed by atoms with E-state index in [1.165, 1.54) is 70.5 Å². The van der Waals surface area contributed by atoms with Crippen LogP contribution >= 0.6 is 0 Å². The lowest BCUT2D eigenvalue weighted by Gasteiger charge is -2.62. The van der Waals surface area contributed by atoms with Crippen molar-refractivity contribution in [2.24, 2.45) is 46.3 Å². The number of carbonyl (C=O) groups excluding carboxylic acids is 1. The molecule has 5 rings (SSSR count). The highest BCUT2D eigenvalue weighted by atomic mass is 16.5. The molecule has 4 fully saturated rings. The van der Waals surface area contributed by atoms with E-state index in [0.29, 0.717) is 58.8 Å². The van der Waals surface area contributed by atoms with Crippen LogP contribution < -0.4 is 10.6 Å². The van der Waals surface area contributed by atoms with Crippen LogP contribution in [0.15, 0.2) is 24.5 Å². The molecule has 1 unspecified atom stereocenters. The molecule has 0 amide bonds. The number of hydrogen-bond acceptors (Lipinski definition) is 6. The van der Waals surface area contributed by atoms with Crippen LogP contribution in [0.25, 0.3) is 0 Å². The molecule has 6 heteroatoms. The molecule has 0 radical (unpaired) electrons. The zero-order valence-corrected chi connectivity index (χ0v) is 26.2. The summed E-state index contributed by atoms with van der Waals surface area (Å²) >= 11 is 0. The first-order valence-corrected chi connectivity index (χ1v) is 16.8. The zero-order valence-electron chi connectivity index (χ0n) is 26.2. The highest BCUT2D eigenvalue weighted by Gasteiger charge is 2.62. The molecule has 6 nitrogen and oxygen atoms in total. The maximum absolute atomic E-state index is 11.8. The van der Waals surface area contributed by atoms with Crippen molar-refractivity contribution < 1.29 is 14.6 Å². The molecule has 0 bridgehead atoms. The Morgan fingerprint density at radius 3 is 2.66 bits per heavy atom. The van der Waals surface area contributed by atoms with E-state index in [1.807, 2.05) is 18.5 Å². The second kappa shape index (κ2) is 13.4. The maximum atomic E-state index is 11.8. The fraction of sp³-hybridized carbons (Fsp3) is 0.829. The normalized spacial score (nSPS) is 38.9. The molecule has 1 heterocycles. The number of hydrogen-bond donors (Lipinski definition) is 3. The first-order chi connectivity index (χ1) is 19.8. The highest BCUT2D eigenvalue weighted by Crippen LogP contribution is 2.68. The molecule has 10 atom stereocenters. The van der Waals surface area contributed by atoms with Gasteiger partial charge in [0.15, 0.2) is 0 Å². The molecule has 1 aromatic heterocycles. The minimum Gasteiger partial charge on any atom is -0.469 e. The molecule has 0 aliphatic heterocycles. The third-order valence-corrected chi connectivity index (χ3v) is 12.7. The monoisotopic (exact) mass is 567 g/mol. The van der Waals surface area contributed by atoms with Crippen LogP contribution in [0.3, 0.4) is 0 Å². The van der Waals surface area contributed by atoms with Crippen molar-refractivity contribution in [3.8, 4) is 0 Å². The van der Waals surface area contributed by atoms with Gasteiger partial charge in [0.1, 0.15) is 0 Å². The zero-order chi connectivity index (χ0) is 29.0. The second-order valence-corrected chi connectivity index (χ2v) is 14.8. The number of nitrogens with zero attached hydrogens (tertiary/aromatic N) is 1. The smallest absolute Gasteiger partial charge is 0.305 e. The van der Waals surface area contributed by atoms with Crippen molar-refractivity contribution in [1.29, 1.82) is 0 Å². The molecule has 0 saturated heterocycles. The number of unbranched alkanes of at least 4 members (excludes halogenated alkanes) is 1. The van der Waals surface area contributed by atoms with Crippen molar-refractivity contribution in [2.75, 3.05) is 20.2 Å². The fourth-order valence-electron chi connectivity index (χ4n) is 10.4. The summed E-state index contributed by atoms with van der Waals surface area (Å²) in [6.45, 7) is 10.5. The van der Waals surface area contributed by atoms with Crippen LogP contribution in [0.4, 0.5) is 0 Å². The Bertz CT molecular complexity index is 990. The van der Waals surface area contributed by atoms with E-state index in [-0.39, 0.29) is 12.1 Å². The van der Waals surface area contributed by atoms with Gasteiger partial charge in [-0.05, 0) is 142 Å². The van der Waals surface area contributed by atoms with E-state index < -0.39 is 0 Å². The molecular weight excluding hydrogens is 510 g/mol. The molecular formula is C35H57N3O3. The van der Waals surface area contributed by atoms with Crippen molar-refractivity contribution >= 4 is 5.97 Å². The predicted octanol–water partition coefficient (Wildman–Crippen LogP) is 6.13. The summed E-state index contributed by atoms with van der Waals surface area (Å²) in [7, 11) is 1.49. The molecule has 0 spiro atoms. The summed E-state index contributed by atoms with van der Waals surface area (Å²) < 4.78 is 4.92. The Hall–Kier alpha value is -1.50. The number of carbonyl (C=O) groups is 1. The number of fused-ring (bicyclic) bond motifs is 5. The van der Waals surface area contributed by atoms with Crippen molar-refractivity contribution in [1.82, 2.24) is 15.6 Å². The topological polar surface area (TPSA) is 83.5 Å². The van der Waals surface area contributed by atoms with Gasteiger partial charge in [0.05, 0.1) is 13.2 Å². The second-order valence-electron chi connectivity index (χ2n) is 14.8. The average molecular weight is 568 g/mol. The molecule has 1 aromatic rings. The summed E-state index contributed by atoms with van der Waals surface area (Å²) in [4.78, 5) is 16.0. The van der Waals surface area contributed by atoms with E-state index in [4.69, 9.17) is 4.74 Å². The van der Waals surface area contributed by atoms with Crippen LogP contribution in [-0.2, 0) is 16.1 Å². The Balaban J connectivity index is 1.10.